The van der Waals surface area contributed by atoms with Crippen molar-refractivity contribution in [3.63, 3.8) is 0 Å². The van der Waals surface area contributed by atoms with Crippen LogP contribution in [0.4, 0.5) is 0 Å². The summed E-state index contributed by atoms with van der Waals surface area (Å²) >= 11 is 1.66. The summed E-state index contributed by atoms with van der Waals surface area (Å²) in [5.41, 5.74) is 6.61. The SMILES string of the molecule is Cc1cc(-c2noc([C@@H](C)N)n2)cs1. The zero-order chi connectivity index (χ0) is 10.1. The number of thiophene rings is 1. The van der Waals surface area contributed by atoms with Crippen LogP contribution in [0.3, 0.4) is 0 Å². The Kier molecular flexibility index (Phi) is 2.35. The standard InChI is InChI=1S/C9H11N3OS/c1-5-3-7(4-14-5)8-11-9(6(2)10)13-12-8/h3-4,6H,10H2,1-2H3/t6-/m1/s1. The van der Waals surface area contributed by atoms with Gasteiger partial charge in [0.15, 0.2) is 0 Å². The molecule has 1 atom stereocenters. The topological polar surface area (TPSA) is 64.9 Å². The van der Waals surface area contributed by atoms with Gasteiger partial charge in [-0.1, -0.05) is 5.16 Å². The molecule has 0 aliphatic rings. The van der Waals surface area contributed by atoms with Crippen LogP contribution in [-0.4, -0.2) is 10.1 Å². The van der Waals surface area contributed by atoms with Crippen LogP contribution in [0.1, 0.15) is 23.7 Å². The normalized spacial score (nSPS) is 13.1. The van der Waals surface area contributed by atoms with Crippen LogP contribution in [0.5, 0.6) is 0 Å². The zero-order valence-electron chi connectivity index (χ0n) is 8.02. The van der Waals surface area contributed by atoms with Gasteiger partial charge in [0.2, 0.25) is 11.7 Å². The molecule has 0 saturated heterocycles. The molecule has 0 aliphatic heterocycles. The average molecular weight is 209 g/mol. The number of hydrogen-bond acceptors (Lipinski definition) is 5. The number of nitrogens with two attached hydrogens (primary N) is 1. The Balaban J connectivity index is 2.33. The first-order valence-corrected chi connectivity index (χ1v) is 5.19. The quantitative estimate of drug-likeness (QED) is 0.822. The van der Waals surface area contributed by atoms with Gasteiger partial charge in [-0.25, -0.2) is 0 Å². The minimum Gasteiger partial charge on any atom is -0.337 e. The van der Waals surface area contributed by atoms with E-state index in [-0.39, 0.29) is 6.04 Å². The van der Waals surface area contributed by atoms with Crippen molar-refractivity contribution in [3.8, 4) is 11.4 Å². The minimum atomic E-state index is -0.212. The highest BCUT2D eigenvalue weighted by molar-refractivity contribution is 7.10. The maximum absolute atomic E-state index is 5.62. The first-order valence-electron chi connectivity index (χ1n) is 4.31. The van der Waals surface area contributed by atoms with Gasteiger partial charge in [-0.2, -0.15) is 4.98 Å². The van der Waals surface area contributed by atoms with Crippen LogP contribution in [0, 0.1) is 6.92 Å². The Hall–Kier alpha value is -1.20. The van der Waals surface area contributed by atoms with E-state index in [4.69, 9.17) is 10.3 Å². The molecule has 2 heterocycles. The second-order valence-corrected chi connectivity index (χ2v) is 4.31. The van der Waals surface area contributed by atoms with Gasteiger partial charge in [-0.3, -0.25) is 0 Å². The third-order valence-corrected chi connectivity index (χ3v) is 2.68. The summed E-state index contributed by atoms with van der Waals surface area (Å²) in [6.07, 6.45) is 0. The van der Waals surface area contributed by atoms with Crippen LogP contribution in [0.2, 0.25) is 0 Å². The lowest BCUT2D eigenvalue weighted by Gasteiger charge is -1.92. The molecule has 14 heavy (non-hydrogen) atoms. The molecule has 74 valence electrons. The van der Waals surface area contributed by atoms with E-state index in [9.17, 15) is 0 Å². The molecule has 2 aromatic rings. The van der Waals surface area contributed by atoms with Gasteiger partial charge in [-0.05, 0) is 19.9 Å². The maximum atomic E-state index is 5.62. The van der Waals surface area contributed by atoms with Crippen molar-refractivity contribution < 1.29 is 4.52 Å². The summed E-state index contributed by atoms with van der Waals surface area (Å²) in [7, 11) is 0. The van der Waals surface area contributed by atoms with Gasteiger partial charge in [0.1, 0.15) is 0 Å². The van der Waals surface area contributed by atoms with E-state index in [1.165, 1.54) is 4.88 Å². The predicted octanol–water partition coefficient (Wildman–Crippen LogP) is 2.13. The highest BCUT2D eigenvalue weighted by Gasteiger charge is 2.12. The summed E-state index contributed by atoms with van der Waals surface area (Å²) in [5.74, 6) is 1.09. The number of aromatic nitrogens is 2. The van der Waals surface area contributed by atoms with Crippen LogP contribution in [0.15, 0.2) is 16.0 Å². The van der Waals surface area contributed by atoms with Crippen LogP contribution in [0.25, 0.3) is 11.4 Å². The minimum absolute atomic E-state index is 0.212. The molecular weight excluding hydrogens is 198 g/mol. The molecule has 2 aromatic heterocycles. The Morgan fingerprint density at radius 3 is 2.86 bits per heavy atom. The summed E-state index contributed by atoms with van der Waals surface area (Å²) < 4.78 is 5.01. The van der Waals surface area contributed by atoms with Crippen molar-refractivity contribution >= 4 is 11.3 Å². The Morgan fingerprint density at radius 2 is 2.36 bits per heavy atom. The molecule has 0 unspecified atom stereocenters. The summed E-state index contributed by atoms with van der Waals surface area (Å²) in [5, 5.41) is 5.87. The van der Waals surface area contributed by atoms with Gasteiger partial charge < -0.3 is 10.3 Å². The Labute approximate surface area is 85.7 Å². The largest absolute Gasteiger partial charge is 0.337 e. The summed E-state index contributed by atoms with van der Waals surface area (Å²) in [6.45, 7) is 3.86. The molecule has 0 fully saturated rings. The smallest absolute Gasteiger partial charge is 0.243 e. The van der Waals surface area contributed by atoms with Crippen LogP contribution < -0.4 is 5.73 Å². The average Bonchev–Trinajstić information content (AvgIpc) is 2.70. The molecule has 0 bridgehead atoms. The highest BCUT2D eigenvalue weighted by Crippen LogP contribution is 2.23. The van der Waals surface area contributed by atoms with Crippen molar-refractivity contribution in [1.29, 1.82) is 0 Å². The first-order chi connectivity index (χ1) is 6.66. The third kappa shape index (κ3) is 1.69. The summed E-state index contributed by atoms with van der Waals surface area (Å²) in [6, 6.07) is 1.82. The molecule has 0 spiro atoms. The predicted molar refractivity (Wildman–Crippen MR) is 55.0 cm³/mol. The van der Waals surface area contributed by atoms with Crippen LogP contribution in [-0.2, 0) is 0 Å². The second kappa shape index (κ2) is 3.51. The van der Waals surface area contributed by atoms with E-state index in [2.05, 4.69) is 10.1 Å². The molecule has 5 heteroatoms. The molecule has 0 aliphatic carbocycles. The molecular formula is C9H11N3OS. The van der Waals surface area contributed by atoms with Gasteiger partial charge in [0.05, 0.1) is 6.04 Å². The maximum Gasteiger partial charge on any atom is 0.243 e. The lowest BCUT2D eigenvalue weighted by molar-refractivity contribution is 0.362. The monoisotopic (exact) mass is 209 g/mol. The zero-order valence-corrected chi connectivity index (χ0v) is 8.84. The molecule has 0 aromatic carbocycles. The van der Waals surface area contributed by atoms with Crippen molar-refractivity contribution in [2.24, 2.45) is 5.73 Å². The van der Waals surface area contributed by atoms with Crippen molar-refractivity contribution in [3.05, 3.63) is 22.2 Å². The highest BCUT2D eigenvalue weighted by atomic mass is 32.1. The fourth-order valence-corrected chi connectivity index (χ4v) is 1.78. The van der Waals surface area contributed by atoms with E-state index in [0.29, 0.717) is 11.7 Å². The van der Waals surface area contributed by atoms with Gasteiger partial charge in [-0.15, -0.1) is 11.3 Å². The lowest BCUT2D eigenvalue weighted by atomic mass is 10.3. The molecule has 0 amide bonds. The molecule has 2 N–H and O–H groups in total. The van der Waals surface area contributed by atoms with E-state index < -0.39 is 0 Å². The third-order valence-electron chi connectivity index (χ3n) is 1.82. The lowest BCUT2D eigenvalue weighted by Crippen LogP contribution is -2.04. The van der Waals surface area contributed by atoms with Crippen LogP contribution >= 0.6 is 11.3 Å². The fourth-order valence-electron chi connectivity index (χ4n) is 1.10. The van der Waals surface area contributed by atoms with Gasteiger partial charge >= 0.3 is 0 Å². The van der Waals surface area contributed by atoms with Crippen molar-refractivity contribution in [2.45, 2.75) is 19.9 Å². The first kappa shape index (κ1) is 9.36. The van der Waals surface area contributed by atoms with Crippen molar-refractivity contribution in [2.75, 3.05) is 0 Å². The van der Waals surface area contributed by atoms with Gasteiger partial charge in [0, 0.05) is 15.8 Å². The second-order valence-electron chi connectivity index (χ2n) is 3.19. The number of rotatable bonds is 2. The fraction of sp³-hybridized carbons (Fsp3) is 0.333. The number of hydrogen-bond donors (Lipinski definition) is 1. The summed E-state index contributed by atoms with van der Waals surface area (Å²) in [4.78, 5) is 5.43. The Morgan fingerprint density at radius 1 is 1.57 bits per heavy atom. The van der Waals surface area contributed by atoms with E-state index in [0.717, 1.165) is 5.56 Å². The number of aryl methyl sites for hydroxylation is 1. The molecule has 0 saturated carbocycles. The molecule has 2 rings (SSSR count). The number of nitrogens with zero attached hydrogens (tertiary/aromatic N) is 2. The van der Waals surface area contributed by atoms with E-state index >= 15 is 0 Å². The molecule has 4 nitrogen and oxygen atoms in total. The van der Waals surface area contributed by atoms with Crippen molar-refractivity contribution in [1.82, 2.24) is 10.1 Å². The van der Waals surface area contributed by atoms with Gasteiger partial charge in [0.25, 0.3) is 0 Å². The van der Waals surface area contributed by atoms with E-state index in [1.807, 2.05) is 25.3 Å². The Bertz CT molecular complexity index is 433. The van der Waals surface area contributed by atoms with E-state index in [1.54, 1.807) is 11.3 Å². The molecule has 0 radical (unpaired) electrons.